The van der Waals surface area contributed by atoms with Crippen LogP contribution in [0, 0.1) is 17.0 Å². The molecule has 0 spiro atoms. The van der Waals surface area contributed by atoms with Crippen molar-refractivity contribution in [2.24, 2.45) is 0 Å². The van der Waals surface area contributed by atoms with E-state index in [1.54, 1.807) is 6.92 Å². The summed E-state index contributed by atoms with van der Waals surface area (Å²) in [5.41, 5.74) is 0.236. The molecule has 8 nitrogen and oxygen atoms in total. The summed E-state index contributed by atoms with van der Waals surface area (Å²) in [7, 11) is 0. The molecule has 1 aromatic heterocycles. The third kappa shape index (κ3) is 3.19. The largest absolute Gasteiger partial charge is 0.481 e. The molecule has 1 aromatic rings. The monoisotopic (exact) mass is 256 g/mol. The van der Waals surface area contributed by atoms with Gasteiger partial charge in [-0.25, -0.2) is 4.68 Å². The van der Waals surface area contributed by atoms with Crippen molar-refractivity contribution >= 4 is 17.5 Å². The van der Waals surface area contributed by atoms with Gasteiger partial charge in [0.1, 0.15) is 5.69 Å². The van der Waals surface area contributed by atoms with Crippen LogP contribution in [0.5, 0.6) is 0 Å². The number of nitrogens with zero attached hydrogens (tertiary/aromatic N) is 3. The van der Waals surface area contributed by atoms with Gasteiger partial charge in [0, 0.05) is 13.1 Å². The van der Waals surface area contributed by atoms with Crippen LogP contribution in [0.2, 0.25) is 0 Å². The number of hydrogen-bond donors (Lipinski definition) is 2. The second-order valence-electron chi connectivity index (χ2n) is 3.83. The molecule has 1 rings (SSSR count). The van der Waals surface area contributed by atoms with Gasteiger partial charge < -0.3 is 10.4 Å². The summed E-state index contributed by atoms with van der Waals surface area (Å²) in [4.78, 5) is 20.9. The number of aryl methyl sites for hydroxylation is 2. The molecule has 0 unspecified atom stereocenters. The average molecular weight is 256 g/mol. The topological polar surface area (TPSA) is 110 Å². The molecule has 0 amide bonds. The minimum absolute atomic E-state index is 0.0890. The summed E-state index contributed by atoms with van der Waals surface area (Å²) in [6.45, 7) is 4.17. The van der Waals surface area contributed by atoms with E-state index in [2.05, 4.69) is 10.4 Å². The van der Waals surface area contributed by atoms with Crippen LogP contribution in [0.15, 0.2) is 0 Å². The third-order valence-electron chi connectivity index (χ3n) is 2.35. The molecule has 0 saturated carbocycles. The van der Waals surface area contributed by atoms with E-state index in [0.29, 0.717) is 12.2 Å². The first-order chi connectivity index (χ1) is 8.47. The Morgan fingerprint density at radius 2 is 2.28 bits per heavy atom. The van der Waals surface area contributed by atoms with Crippen LogP contribution in [0.4, 0.5) is 11.5 Å². The molecule has 0 aromatic carbocycles. The summed E-state index contributed by atoms with van der Waals surface area (Å²) in [5.74, 6) is -0.677. The van der Waals surface area contributed by atoms with Gasteiger partial charge in [-0.3, -0.25) is 14.9 Å². The van der Waals surface area contributed by atoms with Gasteiger partial charge in [-0.1, -0.05) is 6.92 Å². The van der Waals surface area contributed by atoms with Gasteiger partial charge in [0.2, 0.25) is 5.82 Å². The minimum Gasteiger partial charge on any atom is -0.481 e. The first kappa shape index (κ1) is 13.9. The van der Waals surface area contributed by atoms with E-state index in [4.69, 9.17) is 5.11 Å². The lowest BCUT2D eigenvalue weighted by Gasteiger charge is -2.07. The van der Waals surface area contributed by atoms with E-state index in [9.17, 15) is 14.9 Å². The molecule has 0 saturated heterocycles. The lowest BCUT2D eigenvalue weighted by atomic mass is 10.3. The molecule has 0 aliphatic heterocycles. The molecule has 100 valence electrons. The Morgan fingerprint density at radius 3 is 2.78 bits per heavy atom. The van der Waals surface area contributed by atoms with Crippen LogP contribution in [0.3, 0.4) is 0 Å². The van der Waals surface area contributed by atoms with Gasteiger partial charge in [0.25, 0.3) is 0 Å². The number of anilines is 1. The number of carboxylic acid groups (broad SMARTS) is 1. The Labute approximate surface area is 104 Å². The van der Waals surface area contributed by atoms with Crippen molar-refractivity contribution in [3.8, 4) is 0 Å². The number of carboxylic acids is 1. The minimum atomic E-state index is -0.955. The van der Waals surface area contributed by atoms with Crippen LogP contribution < -0.4 is 5.32 Å². The summed E-state index contributed by atoms with van der Waals surface area (Å²) >= 11 is 0. The van der Waals surface area contributed by atoms with Gasteiger partial charge in [0.15, 0.2) is 0 Å². The molecular formula is C10H16N4O4. The zero-order valence-electron chi connectivity index (χ0n) is 10.3. The molecule has 0 atom stereocenters. The lowest BCUT2D eigenvalue weighted by molar-refractivity contribution is -0.384. The summed E-state index contributed by atoms with van der Waals surface area (Å²) < 4.78 is 1.51. The fourth-order valence-electron chi connectivity index (χ4n) is 1.63. The zero-order valence-corrected chi connectivity index (χ0v) is 10.3. The molecule has 0 fully saturated rings. The molecule has 8 heteroatoms. The van der Waals surface area contributed by atoms with Crippen molar-refractivity contribution in [2.75, 3.05) is 11.9 Å². The Kier molecular flexibility index (Phi) is 4.64. The summed E-state index contributed by atoms with van der Waals surface area (Å²) in [6, 6.07) is 0. The SMILES string of the molecule is CCCn1nc(C)c([N+](=O)[O-])c1NCCC(=O)O. The highest BCUT2D eigenvalue weighted by atomic mass is 16.6. The Hall–Kier alpha value is -2.12. The van der Waals surface area contributed by atoms with Crippen LogP contribution >= 0.6 is 0 Å². The van der Waals surface area contributed by atoms with Gasteiger partial charge in [-0.15, -0.1) is 0 Å². The molecule has 2 N–H and O–H groups in total. The van der Waals surface area contributed by atoms with Crippen molar-refractivity contribution in [2.45, 2.75) is 33.2 Å². The maximum atomic E-state index is 11.0. The van der Waals surface area contributed by atoms with Crippen molar-refractivity contribution in [3.05, 3.63) is 15.8 Å². The van der Waals surface area contributed by atoms with Crippen LogP contribution in [0.25, 0.3) is 0 Å². The van der Waals surface area contributed by atoms with E-state index >= 15 is 0 Å². The van der Waals surface area contributed by atoms with Gasteiger partial charge in [-0.2, -0.15) is 5.10 Å². The second-order valence-corrected chi connectivity index (χ2v) is 3.83. The number of carbonyl (C=O) groups is 1. The quantitative estimate of drug-likeness (QED) is 0.563. The van der Waals surface area contributed by atoms with Crippen LogP contribution in [-0.2, 0) is 11.3 Å². The van der Waals surface area contributed by atoms with Crippen molar-refractivity contribution < 1.29 is 14.8 Å². The van der Waals surface area contributed by atoms with Crippen molar-refractivity contribution in [3.63, 3.8) is 0 Å². The number of nitro groups is 1. The summed E-state index contributed by atoms with van der Waals surface area (Å²) in [5, 5.41) is 26.4. The van der Waals surface area contributed by atoms with Gasteiger partial charge in [0.05, 0.1) is 11.3 Å². The molecule has 18 heavy (non-hydrogen) atoms. The first-order valence-electron chi connectivity index (χ1n) is 5.64. The molecule has 1 heterocycles. The molecular weight excluding hydrogens is 240 g/mol. The van der Waals surface area contributed by atoms with Crippen molar-refractivity contribution in [1.82, 2.24) is 9.78 Å². The predicted molar refractivity (Wildman–Crippen MR) is 64.7 cm³/mol. The number of hydrogen-bond acceptors (Lipinski definition) is 5. The Morgan fingerprint density at radius 1 is 1.61 bits per heavy atom. The number of rotatable bonds is 7. The highest BCUT2D eigenvalue weighted by Gasteiger charge is 2.24. The standard InChI is InChI=1S/C10H16N4O4/c1-3-6-13-10(11-5-4-8(15)16)9(14(17)18)7(2)12-13/h11H,3-6H2,1-2H3,(H,15,16). The fourth-order valence-corrected chi connectivity index (χ4v) is 1.63. The van der Waals surface area contributed by atoms with Crippen LogP contribution in [-0.4, -0.2) is 32.3 Å². The maximum Gasteiger partial charge on any atom is 0.333 e. The first-order valence-corrected chi connectivity index (χ1v) is 5.64. The smallest absolute Gasteiger partial charge is 0.333 e. The Balaban J connectivity index is 2.96. The van der Waals surface area contributed by atoms with E-state index in [1.807, 2.05) is 6.92 Å². The Bertz CT molecular complexity index is 455. The predicted octanol–water partition coefficient (Wildman–Crippen LogP) is 1.40. The van der Waals surface area contributed by atoms with Crippen LogP contribution in [0.1, 0.15) is 25.5 Å². The number of nitrogens with one attached hydrogen (secondary N) is 1. The van der Waals surface area contributed by atoms with Gasteiger partial charge in [-0.05, 0) is 13.3 Å². The molecule has 0 aliphatic carbocycles. The lowest BCUT2D eigenvalue weighted by Crippen LogP contribution is -2.13. The van der Waals surface area contributed by atoms with Crippen molar-refractivity contribution in [1.29, 1.82) is 0 Å². The zero-order chi connectivity index (χ0) is 13.7. The highest BCUT2D eigenvalue weighted by molar-refractivity contribution is 5.68. The van der Waals surface area contributed by atoms with Gasteiger partial charge >= 0.3 is 11.7 Å². The van der Waals surface area contributed by atoms with E-state index in [-0.39, 0.29) is 24.5 Å². The second kappa shape index (κ2) is 5.99. The third-order valence-corrected chi connectivity index (χ3v) is 2.35. The van der Waals surface area contributed by atoms with E-state index < -0.39 is 10.9 Å². The number of aromatic nitrogens is 2. The maximum absolute atomic E-state index is 11.0. The molecule has 0 aliphatic rings. The molecule has 0 radical (unpaired) electrons. The van der Waals surface area contributed by atoms with E-state index in [1.165, 1.54) is 4.68 Å². The normalized spacial score (nSPS) is 10.3. The fraction of sp³-hybridized carbons (Fsp3) is 0.600. The number of aliphatic carboxylic acids is 1. The summed E-state index contributed by atoms with van der Waals surface area (Å²) in [6.07, 6.45) is 0.680. The molecule has 0 bridgehead atoms. The average Bonchev–Trinajstić information content (AvgIpc) is 2.55. The van der Waals surface area contributed by atoms with E-state index in [0.717, 1.165) is 6.42 Å². The highest BCUT2D eigenvalue weighted by Crippen LogP contribution is 2.28.